The first-order valence-corrected chi connectivity index (χ1v) is 6.38. The van der Waals surface area contributed by atoms with Crippen molar-refractivity contribution >= 4 is 12.4 Å². The predicted molar refractivity (Wildman–Crippen MR) is 79.2 cm³/mol. The Hall–Kier alpha value is -1.46. The summed E-state index contributed by atoms with van der Waals surface area (Å²) in [7, 11) is 0. The number of imidazole rings is 1. The van der Waals surface area contributed by atoms with Gasteiger partial charge in [0.1, 0.15) is 17.2 Å². The molecule has 2 rings (SSSR count). The van der Waals surface area contributed by atoms with Gasteiger partial charge in [-0.15, -0.1) is 12.4 Å². The van der Waals surface area contributed by atoms with Crippen LogP contribution in [0.4, 0.5) is 8.78 Å². The molecule has 2 aromatic rings. The Morgan fingerprint density at radius 1 is 1.19 bits per heavy atom. The first kappa shape index (κ1) is 17.6. The third-order valence-electron chi connectivity index (χ3n) is 3.59. The maximum Gasteiger partial charge on any atom is 0.132 e. The van der Waals surface area contributed by atoms with Gasteiger partial charge in [0.05, 0.1) is 18.4 Å². The minimum Gasteiger partial charge on any atom is -0.383 e. The summed E-state index contributed by atoms with van der Waals surface area (Å²) in [6.07, 6.45) is 4.71. The Morgan fingerprint density at radius 2 is 1.76 bits per heavy atom. The monoisotopic (exact) mass is 316 g/mol. The molecule has 0 aliphatic rings. The van der Waals surface area contributed by atoms with Crippen molar-refractivity contribution in [2.24, 2.45) is 5.41 Å². The van der Waals surface area contributed by atoms with E-state index in [4.69, 9.17) is 0 Å². The molecule has 0 fully saturated rings. The second-order valence-electron chi connectivity index (χ2n) is 5.94. The average molecular weight is 317 g/mol. The summed E-state index contributed by atoms with van der Waals surface area (Å²) in [6, 6.07) is 3.60. The Bertz CT molecular complexity index is 576. The van der Waals surface area contributed by atoms with Gasteiger partial charge in [-0.1, -0.05) is 26.8 Å². The third-order valence-corrected chi connectivity index (χ3v) is 3.59. The Labute approximate surface area is 129 Å². The van der Waals surface area contributed by atoms with Gasteiger partial charge in [-0.25, -0.2) is 13.8 Å². The van der Waals surface area contributed by atoms with Crippen LogP contribution in [0.5, 0.6) is 0 Å². The molecule has 0 amide bonds. The lowest BCUT2D eigenvalue weighted by Gasteiger charge is -2.41. The van der Waals surface area contributed by atoms with Crippen LogP contribution < -0.4 is 0 Å². The number of hydrogen-bond donors (Lipinski definition) is 1. The number of halogens is 3. The fourth-order valence-electron chi connectivity index (χ4n) is 2.23. The molecule has 1 aromatic carbocycles. The topological polar surface area (TPSA) is 38.0 Å². The number of nitrogens with zero attached hydrogens (tertiary/aromatic N) is 2. The highest BCUT2D eigenvalue weighted by atomic mass is 35.5. The van der Waals surface area contributed by atoms with Gasteiger partial charge in [0, 0.05) is 12.4 Å². The van der Waals surface area contributed by atoms with E-state index in [1.54, 1.807) is 37.7 Å². The SMILES string of the molecule is CC(C)(C)C(O)(Cn1ccnc1)c1c(F)cccc1F.Cl. The number of rotatable bonds is 3. The van der Waals surface area contributed by atoms with Gasteiger partial charge in [-0.05, 0) is 17.5 Å². The van der Waals surface area contributed by atoms with Crippen molar-refractivity contribution in [2.75, 3.05) is 0 Å². The highest BCUT2D eigenvalue weighted by molar-refractivity contribution is 5.85. The summed E-state index contributed by atoms with van der Waals surface area (Å²) >= 11 is 0. The molecular formula is C15H19ClF2N2O. The first-order valence-electron chi connectivity index (χ1n) is 6.38. The summed E-state index contributed by atoms with van der Waals surface area (Å²) in [5, 5.41) is 11.0. The van der Waals surface area contributed by atoms with E-state index in [0.29, 0.717) is 0 Å². The highest BCUT2D eigenvalue weighted by Crippen LogP contribution is 2.42. The van der Waals surface area contributed by atoms with Crippen molar-refractivity contribution in [1.29, 1.82) is 0 Å². The standard InChI is InChI=1S/C15H18F2N2O.ClH/c1-14(2,3)15(20,9-19-8-7-18-10-19)13-11(16)5-4-6-12(13)17;/h4-8,10,20H,9H2,1-3H3;1H. The van der Waals surface area contributed by atoms with Crippen molar-refractivity contribution in [2.45, 2.75) is 32.9 Å². The fourth-order valence-corrected chi connectivity index (χ4v) is 2.23. The van der Waals surface area contributed by atoms with E-state index in [2.05, 4.69) is 4.98 Å². The molecule has 1 aromatic heterocycles. The maximum absolute atomic E-state index is 14.1. The van der Waals surface area contributed by atoms with Crippen LogP contribution in [0.15, 0.2) is 36.9 Å². The van der Waals surface area contributed by atoms with Crippen molar-refractivity contribution in [3.05, 3.63) is 54.1 Å². The van der Waals surface area contributed by atoms with Crippen LogP contribution in [0.2, 0.25) is 0 Å². The van der Waals surface area contributed by atoms with Crippen molar-refractivity contribution < 1.29 is 13.9 Å². The summed E-state index contributed by atoms with van der Waals surface area (Å²) in [4.78, 5) is 3.89. The molecule has 1 heterocycles. The molecule has 0 aliphatic heterocycles. The molecule has 0 radical (unpaired) electrons. The number of aliphatic hydroxyl groups is 1. The van der Waals surface area contributed by atoms with Gasteiger partial charge in [0.15, 0.2) is 0 Å². The van der Waals surface area contributed by atoms with E-state index >= 15 is 0 Å². The molecule has 6 heteroatoms. The number of hydrogen-bond acceptors (Lipinski definition) is 2. The van der Waals surface area contributed by atoms with E-state index in [9.17, 15) is 13.9 Å². The summed E-state index contributed by atoms with van der Waals surface area (Å²) in [5.74, 6) is -1.50. The lowest BCUT2D eigenvalue weighted by Crippen LogP contribution is -2.45. The van der Waals surface area contributed by atoms with Gasteiger partial charge in [-0.3, -0.25) is 0 Å². The third kappa shape index (κ3) is 3.24. The van der Waals surface area contributed by atoms with Crippen molar-refractivity contribution in [3.8, 4) is 0 Å². The minimum absolute atomic E-state index is 0. The Kier molecular flexibility index (Phi) is 5.12. The molecule has 0 saturated heterocycles. The van der Waals surface area contributed by atoms with Crippen LogP contribution in [-0.2, 0) is 12.1 Å². The smallest absolute Gasteiger partial charge is 0.132 e. The van der Waals surface area contributed by atoms with Crippen molar-refractivity contribution in [1.82, 2.24) is 9.55 Å². The lowest BCUT2D eigenvalue weighted by atomic mass is 9.71. The van der Waals surface area contributed by atoms with Gasteiger partial charge < -0.3 is 9.67 Å². The van der Waals surface area contributed by atoms with E-state index in [1.807, 2.05) is 0 Å². The van der Waals surface area contributed by atoms with Gasteiger partial charge in [0.2, 0.25) is 0 Å². The molecule has 1 unspecified atom stereocenters. The summed E-state index contributed by atoms with van der Waals surface area (Å²) < 4.78 is 29.8. The van der Waals surface area contributed by atoms with E-state index in [1.165, 1.54) is 12.4 Å². The molecule has 1 N–H and O–H groups in total. The lowest BCUT2D eigenvalue weighted by molar-refractivity contribution is -0.0832. The largest absolute Gasteiger partial charge is 0.383 e. The van der Waals surface area contributed by atoms with Crippen molar-refractivity contribution in [3.63, 3.8) is 0 Å². The molecule has 0 saturated carbocycles. The highest BCUT2D eigenvalue weighted by Gasteiger charge is 2.45. The van der Waals surface area contributed by atoms with Crippen LogP contribution in [0.3, 0.4) is 0 Å². The quantitative estimate of drug-likeness (QED) is 0.941. The zero-order valence-electron chi connectivity index (χ0n) is 12.2. The molecule has 1 atom stereocenters. The number of benzene rings is 1. The zero-order chi connectivity index (χ0) is 15.0. The van der Waals surface area contributed by atoms with Crippen LogP contribution in [0, 0.1) is 17.0 Å². The minimum atomic E-state index is -1.69. The second kappa shape index (κ2) is 6.12. The molecular weight excluding hydrogens is 298 g/mol. The van der Waals surface area contributed by atoms with Gasteiger partial charge >= 0.3 is 0 Å². The van der Waals surface area contributed by atoms with Gasteiger partial charge in [0.25, 0.3) is 0 Å². The molecule has 0 aliphatic carbocycles. The number of aromatic nitrogens is 2. The van der Waals surface area contributed by atoms with E-state index in [0.717, 1.165) is 12.1 Å². The molecule has 0 spiro atoms. The summed E-state index contributed by atoms with van der Waals surface area (Å²) in [6.45, 7) is 5.26. The first-order chi connectivity index (χ1) is 9.25. The Balaban J connectivity index is 0.00000220. The van der Waals surface area contributed by atoms with Crippen LogP contribution in [0.25, 0.3) is 0 Å². The summed E-state index contributed by atoms with van der Waals surface area (Å²) in [5.41, 5.74) is -2.76. The molecule has 3 nitrogen and oxygen atoms in total. The van der Waals surface area contributed by atoms with Gasteiger partial charge in [-0.2, -0.15) is 0 Å². The molecule has 0 bridgehead atoms. The Morgan fingerprint density at radius 3 is 2.19 bits per heavy atom. The van der Waals surface area contributed by atoms with Crippen LogP contribution >= 0.6 is 12.4 Å². The maximum atomic E-state index is 14.1. The second-order valence-corrected chi connectivity index (χ2v) is 5.94. The molecule has 116 valence electrons. The van der Waals surface area contributed by atoms with E-state index in [-0.39, 0.29) is 24.5 Å². The normalized spacial score (nSPS) is 14.4. The van der Waals surface area contributed by atoms with Crippen LogP contribution in [0.1, 0.15) is 26.3 Å². The van der Waals surface area contributed by atoms with Crippen LogP contribution in [-0.4, -0.2) is 14.7 Å². The predicted octanol–water partition coefficient (Wildman–Crippen LogP) is 3.52. The van der Waals surface area contributed by atoms with E-state index < -0.39 is 22.7 Å². The average Bonchev–Trinajstić information content (AvgIpc) is 2.79. The molecule has 21 heavy (non-hydrogen) atoms. The fraction of sp³-hybridized carbons (Fsp3) is 0.400. The zero-order valence-corrected chi connectivity index (χ0v) is 13.0.